The topological polar surface area (TPSA) is 87.0 Å². The van der Waals surface area contributed by atoms with Crippen LogP contribution in [0.2, 0.25) is 0 Å². The molecule has 1 aliphatic heterocycles. The van der Waals surface area contributed by atoms with Crippen LogP contribution in [-0.2, 0) is 9.53 Å². The van der Waals surface area contributed by atoms with Crippen LogP contribution in [0.4, 0.5) is 0 Å². The van der Waals surface area contributed by atoms with Gasteiger partial charge in [0, 0.05) is 10.8 Å². The van der Waals surface area contributed by atoms with Gasteiger partial charge in [0.15, 0.2) is 0 Å². The number of hydrogen-bond acceptors (Lipinski definition) is 5. The van der Waals surface area contributed by atoms with E-state index >= 15 is 0 Å². The highest BCUT2D eigenvalue weighted by Gasteiger charge is 2.46. The summed E-state index contributed by atoms with van der Waals surface area (Å²) in [4.78, 5) is 11.5. The average molecular weight is 347 g/mol. The molecule has 1 saturated heterocycles. The van der Waals surface area contributed by atoms with Crippen molar-refractivity contribution >= 4 is 5.78 Å². The summed E-state index contributed by atoms with van der Waals surface area (Å²) in [5.41, 5.74) is -0.648. The van der Waals surface area contributed by atoms with E-state index in [0.29, 0.717) is 5.78 Å². The molecule has 0 radical (unpaired) electrons. The molecule has 0 aromatic heterocycles. The second-order valence-electron chi connectivity index (χ2n) is 9.93. The fraction of sp³-hybridized carbons (Fsp3) is 0.947. The molecule has 0 spiro atoms. The second-order valence-corrected chi connectivity index (χ2v) is 9.93. The Hall–Kier alpha value is -0.490. The van der Waals surface area contributed by atoms with Gasteiger partial charge in [0.05, 0.1) is 12.2 Å². The lowest BCUT2D eigenvalue weighted by atomic mass is 9.76. The van der Waals surface area contributed by atoms with Gasteiger partial charge in [0.25, 0.3) is 0 Å². The first-order valence-electron chi connectivity index (χ1n) is 8.65. The van der Waals surface area contributed by atoms with Crippen LogP contribution in [0.3, 0.4) is 0 Å². The van der Waals surface area contributed by atoms with Crippen LogP contribution in [0.1, 0.15) is 69.2 Å². The molecule has 1 aliphatic rings. The van der Waals surface area contributed by atoms with E-state index < -0.39 is 30.5 Å². The molecule has 0 aromatic carbocycles. The summed E-state index contributed by atoms with van der Waals surface area (Å²) in [7, 11) is 0. The Balaban J connectivity index is 0.000000470. The third-order valence-corrected chi connectivity index (χ3v) is 4.07. The van der Waals surface area contributed by atoms with Crippen LogP contribution in [0.5, 0.6) is 0 Å². The van der Waals surface area contributed by atoms with Crippen molar-refractivity contribution in [2.75, 3.05) is 0 Å². The van der Waals surface area contributed by atoms with Crippen LogP contribution >= 0.6 is 0 Å². The molecule has 0 aliphatic carbocycles. The Bertz CT molecular complexity index is 395. The molecular formula is C19H38O5. The summed E-state index contributed by atoms with van der Waals surface area (Å²) < 4.78 is 5.49. The third-order valence-electron chi connectivity index (χ3n) is 4.07. The smallest absolute Gasteiger partial charge is 0.143 e. The van der Waals surface area contributed by atoms with E-state index in [1.54, 1.807) is 6.92 Å². The lowest BCUT2D eigenvalue weighted by Gasteiger charge is -2.44. The summed E-state index contributed by atoms with van der Waals surface area (Å²) in [5.74, 6) is 0.319. The van der Waals surface area contributed by atoms with Gasteiger partial charge in [0.1, 0.15) is 24.1 Å². The van der Waals surface area contributed by atoms with Gasteiger partial charge in [-0.05, 0) is 12.3 Å². The van der Waals surface area contributed by atoms with E-state index in [2.05, 4.69) is 0 Å². The highest BCUT2D eigenvalue weighted by molar-refractivity contribution is 5.88. The minimum absolute atomic E-state index is 0.196. The second kappa shape index (κ2) is 7.81. The van der Waals surface area contributed by atoms with Crippen molar-refractivity contribution in [3.8, 4) is 0 Å². The number of ether oxygens (including phenoxy) is 1. The Morgan fingerprint density at radius 3 is 1.38 bits per heavy atom. The van der Waals surface area contributed by atoms with Crippen molar-refractivity contribution in [1.82, 2.24) is 0 Å². The fourth-order valence-corrected chi connectivity index (χ4v) is 2.89. The van der Waals surface area contributed by atoms with Crippen molar-refractivity contribution in [1.29, 1.82) is 0 Å². The zero-order valence-corrected chi connectivity index (χ0v) is 17.0. The van der Waals surface area contributed by atoms with Gasteiger partial charge in [-0.25, -0.2) is 0 Å². The summed E-state index contributed by atoms with van der Waals surface area (Å²) >= 11 is 0. The molecule has 0 saturated carbocycles. The summed E-state index contributed by atoms with van der Waals surface area (Å²) in [5, 5.41) is 28.8. The normalized spacial score (nSPS) is 32.0. The van der Waals surface area contributed by atoms with E-state index in [9.17, 15) is 20.1 Å². The lowest BCUT2D eigenvalue weighted by Crippen LogP contribution is -2.59. The molecule has 5 nitrogen and oxygen atoms in total. The third kappa shape index (κ3) is 6.43. The van der Waals surface area contributed by atoms with E-state index in [0.717, 1.165) is 0 Å². The minimum atomic E-state index is -1.12. The van der Waals surface area contributed by atoms with Crippen molar-refractivity contribution in [3.05, 3.63) is 0 Å². The number of hydrogen-bond donors (Lipinski definition) is 3. The number of carbonyl (C=O) groups excluding carboxylic acids is 1. The number of ketones is 1. The van der Waals surface area contributed by atoms with Crippen LogP contribution in [0, 0.1) is 16.2 Å². The van der Waals surface area contributed by atoms with Gasteiger partial charge in [-0.3, -0.25) is 4.79 Å². The number of aliphatic hydroxyl groups is 3. The summed E-state index contributed by atoms with van der Waals surface area (Å²) in [6, 6.07) is 0. The molecule has 0 amide bonds. The first-order valence-corrected chi connectivity index (χ1v) is 8.65. The molecule has 144 valence electrons. The number of carbonyl (C=O) groups is 1. The molecule has 1 rings (SSSR count). The van der Waals surface area contributed by atoms with Crippen molar-refractivity contribution in [3.63, 3.8) is 0 Å². The average Bonchev–Trinajstić information content (AvgIpc) is 2.37. The van der Waals surface area contributed by atoms with Crippen molar-refractivity contribution < 1.29 is 24.9 Å². The molecule has 1 fully saturated rings. The van der Waals surface area contributed by atoms with Gasteiger partial charge < -0.3 is 20.1 Å². The number of Topliss-reactive ketones (excluding diaryl/α,β-unsaturated/α-hetero) is 1. The standard InChI is InChI=1S/C10H20O4.C9H18O/c1-5-6(11)7(12)8(13)9(14-5)10(2,3)4;1-8(2,3)7(10)9(4,5)6/h5-9,11-13H,1-4H3;1-6H3. The Morgan fingerprint density at radius 2 is 1.12 bits per heavy atom. The molecule has 1 heterocycles. The Morgan fingerprint density at radius 1 is 0.750 bits per heavy atom. The van der Waals surface area contributed by atoms with E-state index in [1.165, 1.54) is 0 Å². The SMILES string of the molecule is CC(C)(C)C(=O)C(C)(C)C.CC1OC(C(C)(C)C)C(O)C(O)C1O. The van der Waals surface area contributed by atoms with Crippen LogP contribution in [0.15, 0.2) is 0 Å². The first kappa shape index (κ1) is 23.5. The molecule has 5 unspecified atom stereocenters. The van der Waals surface area contributed by atoms with Gasteiger partial charge >= 0.3 is 0 Å². The largest absolute Gasteiger partial charge is 0.388 e. The highest BCUT2D eigenvalue weighted by atomic mass is 16.5. The van der Waals surface area contributed by atoms with Crippen LogP contribution < -0.4 is 0 Å². The number of rotatable bonds is 0. The lowest BCUT2D eigenvalue weighted by molar-refractivity contribution is -0.239. The molecule has 5 atom stereocenters. The zero-order valence-electron chi connectivity index (χ0n) is 17.0. The highest BCUT2D eigenvalue weighted by Crippen LogP contribution is 2.32. The van der Waals surface area contributed by atoms with E-state index in [-0.39, 0.29) is 16.2 Å². The quantitative estimate of drug-likeness (QED) is 0.627. The predicted octanol–water partition coefficient (Wildman–Crippen LogP) is 2.55. The molecule has 5 heteroatoms. The first-order chi connectivity index (χ1) is 10.4. The van der Waals surface area contributed by atoms with Gasteiger partial charge in [-0.2, -0.15) is 0 Å². The van der Waals surface area contributed by atoms with E-state index in [4.69, 9.17) is 4.74 Å². The Labute approximate surface area is 147 Å². The van der Waals surface area contributed by atoms with Crippen molar-refractivity contribution in [2.24, 2.45) is 16.2 Å². The molecule has 24 heavy (non-hydrogen) atoms. The van der Waals surface area contributed by atoms with Gasteiger partial charge in [-0.1, -0.05) is 62.3 Å². The van der Waals surface area contributed by atoms with Crippen LogP contribution in [-0.4, -0.2) is 51.6 Å². The fourth-order valence-electron chi connectivity index (χ4n) is 2.89. The number of aliphatic hydroxyl groups excluding tert-OH is 3. The van der Waals surface area contributed by atoms with Gasteiger partial charge in [-0.15, -0.1) is 0 Å². The minimum Gasteiger partial charge on any atom is -0.388 e. The molecule has 0 bridgehead atoms. The maximum absolute atomic E-state index is 11.5. The van der Waals surface area contributed by atoms with Crippen LogP contribution in [0.25, 0.3) is 0 Å². The van der Waals surface area contributed by atoms with Gasteiger partial charge in [0.2, 0.25) is 0 Å². The predicted molar refractivity (Wildman–Crippen MR) is 95.7 cm³/mol. The van der Waals surface area contributed by atoms with E-state index in [1.807, 2.05) is 62.3 Å². The van der Waals surface area contributed by atoms with Crippen molar-refractivity contribution in [2.45, 2.75) is 99.8 Å². The maximum Gasteiger partial charge on any atom is 0.143 e. The summed E-state index contributed by atoms with van der Waals surface area (Å²) in [6.07, 6.45) is -4.05. The summed E-state index contributed by atoms with van der Waals surface area (Å²) in [6.45, 7) is 19.2. The molecular weight excluding hydrogens is 308 g/mol. The Kier molecular flexibility index (Phi) is 7.65. The monoisotopic (exact) mass is 346 g/mol. The molecule has 0 aromatic rings. The maximum atomic E-state index is 11.5. The zero-order chi connectivity index (χ0) is 19.7. The molecule has 3 N–H and O–H groups in total.